The lowest BCUT2D eigenvalue weighted by Crippen LogP contribution is -2.60. The van der Waals surface area contributed by atoms with E-state index in [1.165, 1.54) is 12.1 Å². The molecule has 2 aliphatic heterocycles. The molecule has 2 aliphatic rings. The van der Waals surface area contributed by atoms with Gasteiger partial charge in [-0.15, -0.1) is 0 Å². The van der Waals surface area contributed by atoms with E-state index in [-0.39, 0.29) is 34.8 Å². The molecule has 0 aliphatic carbocycles. The van der Waals surface area contributed by atoms with Crippen LogP contribution in [0.25, 0.3) is 0 Å². The number of Topliss-reactive ketones (excluding diaryl/α,β-unsaturated/α-hetero) is 1. The van der Waals surface area contributed by atoms with Crippen LogP contribution in [0, 0.1) is 0 Å². The Bertz CT molecular complexity index is 1460. The van der Waals surface area contributed by atoms with Crippen LogP contribution in [-0.2, 0) is 20.7 Å². The first-order valence-corrected chi connectivity index (χ1v) is 12.9. The Balaban J connectivity index is 1.31. The van der Waals surface area contributed by atoms with Crippen LogP contribution < -0.4 is 9.47 Å². The van der Waals surface area contributed by atoms with Crippen LogP contribution in [0.3, 0.4) is 0 Å². The predicted molar refractivity (Wildman–Crippen MR) is 140 cm³/mol. The lowest BCUT2D eigenvalue weighted by Gasteiger charge is -2.40. The van der Waals surface area contributed by atoms with Crippen LogP contribution in [0.1, 0.15) is 27.6 Å². The van der Waals surface area contributed by atoms with Gasteiger partial charge in [0.15, 0.2) is 23.7 Å². The summed E-state index contributed by atoms with van der Waals surface area (Å²) in [5, 5.41) is 72.2. The van der Waals surface area contributed by atoms with Gasteiger partial charge in [0.2, 0.25) is 12.1 Å². The summed E-state index contributed by atoms with van der Waals surface area (Å²) in [7, 11) is 0. The predicted octanol–water partition coefficient (Wildman–Crippen LogP) is 0.453. The molecule has 1 fully saturated rings. The maximum absolute atomic E-state index is 12.8. The summed E-state index contributed by atoms with van der Waals surface area (Å²) < 4.78 is 22.1. The molecule has 0 bridgehead atoms. The van der Waals surface area contributed by atoms with Crippen LogP contribution in [-0.4, -0.2) is 90.9 Å². The number of carbonyl (C=O) groups is 2. The molecular weight excluding hydrogens is 556 g/mol. The monoisotopic (exact) mass is 584 g/mol. The second kappa shape index (κ2) is 11.8. The number of ether oxygens (including phenoxy) is 4. The molecule has 5 rings (SSSR count). The highest BCUT2D eigenvalue weighted by atomic mass is 16.7. The van der Waals surface area contributed by atoms with Gasteiger partial charge in [0.1, 0.15) is 53.8 Å². The van der Waals surface area contributed by atoms with Crippen molar-refractivity contribution in [3.05, 3.63) is 77.4 Å². The van der Waals surface area contributed by atoms with Crippen molar-refractivity contribution in [2.45, 2.75) is 49.3 Å². The van der Waals surface area contributed by atoms with Crippen LogP contribution in [0.2, 0.25) is 0 Å². The quantitative estimate of drug-likeness (QED) is 0.188. The molecule has 3 aromatic rings. The van der Waals surface area contributed by atoms with E-state index in [0.29, 0.717) is 5.56 Å². The SMILES string of the molecule is O=C(Cc1ccccc1)OC[C@H]1O[C@@H](Oc2cc([C@@H]3Oc4cc(O)cc(O)c4C(=O)[C@@H]3O)ccc2O)[C@H](O)[C@@H](O)[C@@H]1O. The lowest BCUT2D eigenvalue weighted by molar-refractivity contribution is -0.278. The average Bonchev–Trinajstić information content (AvgIpc) is 2.96. The van der Waals surface area contributed by atoms with Gasteiger partial charge in [0, 0.05) is 12.1 Å². The number of benzene rings is 3. The molecule has 0 saturated carbocycles. The van der Waals surface area contributed by atoms with E-state index in [2.05, 4.69) is 0 Å². The third-order valence-electron chi connectivity index (χ3n) is 6.95. The molecule has 13 nitrogen and oxygen atoms in total. The van der Waals surface area contributed by atoms with Gasteiger partial charge >= 0.3 is 5.97 Å². The third kappa shape index (κ3) is 5.82. The van der Waals surface area contributed by atoms with Gasteiger partial charge in [-0.1, -0.05) is 36.4 Å². The number of fused-ring (bicyclic) bond motifs is 1. The highest BCUT2D eigenvalue weighted by Crippen LogP contribution is 2.43. The third-order valence-corrected chi connectivity index (χ3v) is 6.95. The van der Waals surface area contributed by atoms with Gasteiger partial charge in [-0.05, 0) is 23.3 Å². The van der Waals surface area contributed by atoms with E-state index in [0.717, 1.165) is 18.2 Å². The van der Waals surface area contributed by atoms with Crippen molar-refractivity contribution in [3.8, 4) is 28.7 Å². The van der Waals surface area contributed by atoms with Crippen molar-refractivity contribution in [1.29, 1.82) is 0 Å². The summed E-state index contributed by atoms with van der Waals surface area (Å²) in [6.45, 7) is -0.480. The smallest absolute Gasteiger partial charge is 0.310 e. The lowest BCUT2D eigenvalue weighted by atomic mass is 9.92. The number of aliphatic hydroxyl groups is 4. The van der Waals surface area contributed by atoms with Gasteiger partial charge in [0.05, 0.1) is 6.42 Å². The Kier molecular flexibility index (Phi) is 8.20. The fourth-order valence-electron chi connectivity index (χ4n) is 4.73. The molecule has 2 heterocycles. The van der Waals surface area contributed by atoms with Crippen molar-refractivity contribution in [3.63, 3.8) is 0 Å². The summed E-state index contributed by atoms with van der Waals surface area (Å²) in [5.41, 5.74) is 0.508. The van der Waals surface area contributed by atoms with Crippen LogP contribution in [0.4, 0.5) is 0 Å². The zero-order chi connectivity index (χ0) is 30.1. The molecule has 7 atom stereocenters. The molecule has 0 aromatic heterocycles. The van der Waals surface area contributed by atoms with Crippen LogP contribution in [0.15, 0.2) is 60.7 Å². The zero-order valence-corrected chi connectivity index (χ0v) is 21.8. The Morgan fingerprint density at radius 3 is 2.33 bits per heavy atom. The number of hydrogen-bond acceptors (Lipinski definition) is 13. The number of phenols is 3. The van der Waals surface area contributed by atoms with E-state index in [1.807, 2.05) is 0 Å². The van der Waals surface area contributed by atoms with Crippen molar-refractivity contribution in [2.75, 3.05) is 6.61 Å². The van der Waals surface area contributed by atoms with E-state index in [4.69, 9.17) is 18.9 Å². The highest BCUT2D eigenvalue weighted by Gasteiger charge is 2.46. The Labute approximate surface area is 238 Å². The first kappa shape index (κ1) is 29.1. The average molecular weight is 585 g/mol. The van der Waals surface area contributed by atoms with Crippen LogP contribution >= 0.6 is 0 Å². The van der Waals surface area contributed by atoms with Gasteiger partial charge in [0.25, 0.3) is 0 Å². The number of carbonyl (C=O) groups excluding carboxylic acids is 2. The molecule has 0 spiro atoms. The number of rotatable bonds is 7. The van der Waals surface area contributed by atoms with Crippen molar-refractivity contribution in [2.24, 2.45) is 0 Å². The molecule has 1 saturated heterocycles. The highest BCUT2D eigenvalue weighted by molar-refractivity contribution is 6.05. The zero-order valence-electron chi connectivity index (χ0n) is 21.8. The second-order valence-electron chi connectivity index (χ2n) is 9.89. The molecule has 222 valence electrons. The van der Waals surface area contributed by atoms with Gasteiger partial charge in [-0.2, -0.15) is 0 Å². The van der Waals surface area contributed by atoms with Crippen molar-refractivity contribution in [1.82, 2.24) is 0 Å². The van der Waals surface area contributed by atoms with Gasteiger partial charge in [-0.3, -0.25) is 9.59 Å². The number of esters is 1. The van der Waals surface area contributed by atoms with E-state index in [1.54, 1.807) is 30.3 Å². The molecule has 13 heteroatoms. The topological polar surface area (TPSA) is 213 Å². The second-order valence-corrected chi connectivity index (χ2v) is 9.89. The minimum Gasteiger partial charge on any atom is -0.508 e. The molecule has 0 radical (unpaired) electrons. The maximum atomic E-state index is 12.8. The molecule has 42 heavy (non-hydrogen) atoms. The maximum Gasteiger partial charge on any atom is 0.310 e. The van der Waals surface area contributed by atoms with Crippen molar-refractivity contribution >= 4 is 11.8 Å². The molecule has 7 N–H and O–H groups in total. The summed E-state index contributed by atoms with van der Waals surface area (Å²) in [6.07, 6.45) is -11.4. The Morgan fingerprint density at radius 1 is 0.857 bits per heavy atom. The molecular formula is C29H28O13. The number of ketones is 1. The first-order chi connectivity index (χ1) is 20.0. The Morgan fingerprint density at radius 2 is 1.60 bits per heavy atom. The number of hydrogen-bond donors (Lipinski definition) is 7. The number of phenolic OH excluding ortho intramolecular Hbond substituents is 3. The van der Waals surface area contributed by atoms with Gasteiger partial charge < -0.3 is 54.7 Å². The van der Waals surface area contributed by atoms with E-state index < -0.39 is 72.8 Å². The number of aromatic hydroxyl groups is 3. The summed E-state index contributed by atoms with van der Waals surface area (Å²) in [4.78, 5) is 25.0. The fraction of sp³-hybridized carbons (Fsp3) is 0.310. The Hall–Kier alpha value is -4.40. The molecule has 0 amide bonds. The minimum absolute atomic E-state index is 0.0449. The summed E-state index contributed by atoms with van der Waals surface area (Å²) in [5.74, 6) is -3.40. The molecule has 0 unspecified atom stereocenters. The first-order valence-electron chi connectivity index (χ1n) is 12.9. The van der Waals surface area contributed by atoms with Crippen LogP contribution in [0.5, 0.6) is 28.7 Å². The summed E-state index contributed by atoms with van der Waals surface area (Å²) in [6, 6.07) is 14.5. The fourth-order valence-corrected chi connectivity index (χ4v) is 4.73. The standard InChI is InChI=1S/C29H28O13/c30-15-10-17(32)22-19(11-15)40-28(26(37)24(22)35)14-6-7-16(31)18(9-14)41-29-27(38)25(36)23(34)20(42-29)12-39-21(33)8-13-4-2-1-3-5-13/h1-7,9-11,20,23,25-32,34,36-38H,8,12H2/t20-,23-,25+,26+,27-,28+,29-/m1/s1. The normalized spacial score (nSPS) is 27.0. The minimum atomic E-state index is -1.80. The van der Waals surface area contributed by atoms with E-state index >= 15 is 0 Å². The van der Waals surface area contributed by atoms with Crippen molar-refractivity contribution < 1.29 is 64.3 Å². The summed E-state index contributed by atoms with van der Waals surface area (Å²) >= 11 is 0. The van der Waals surface area contributed by atoms with E-state index in [9.17, 15) is 45.3 Å². The van der Waals surface area contributed by atoms with Gasteiger partial charge in [-0.25, -0.2) is 0 Å². The largest absolute Gasteiger partial charge is 0.508 e. The number of aliphatic hydroxyl groups excluding tert-OH is 4. The molecule has 3 aromatic carbocycles.